The Labute approximate surface area is 198 Å². The number of aliphatic hydroxyl groups is 1. The van der Waals surface area contributed by atoms with Crippen molar-refractivity contribution >= 4 is 39.2 Å². The summed E-state index contributed by atoms with van der Waals surface area (Å²) >= 11 is 0. The summed E-state index contributed by atoms with van der Waals surface area (Å²) in [5, 5.41) is 9.12. The van der Waals surface area contributed by atoms with E-state index in [0.717, 1.165) is 57.3 Å². The summed E-state index contributed by atoms with van der Waals surface area (Å²) in [6.45, 7) is 2.01. The Bertz CT molecular complexity index is 1260. The van der Waals surface area contributed by atoms with Crippen molar-refractivity contribution < 1.29 is 22.5 Å². The average molecular weight is 485 g/mol. The molecule has 5 rings (SSSR count). The van der Waals surface area contributed by atoms with E-state index in [9.17, 15) is 13.2 Å². The van der Waals surface area contributed by atoms with E-state index >= 15 is 0 Å². The van der Waals surface area contributed by atoms with Crippen molar-refractivity contribution in [1.29, 1.82) is 0 Å². The molecular formula is C24H28N4O5S. The number of imidazole rings is 1. The van der Waals surface area contributed by atoms with Crippen LogP contribution in [0.3, 0.4) is 0 Å². The lowest BCUT2D eigenvalue weighted by Crippen LogP contribution is -2.33. The van der Waals surface area contributed by atoms with E-state index in [2.05, 4.69) is 14.9 Å². The van der Waals surface area contributed by atoms with Crippen LogP contribution in [0.4, 0.5) is 11.6 Å². The molecule has 2 N–H and O–H groups in total. The van der Waals surface area contributed by atoms with Gasteiger partial charge >= 0.3 is 10.1 Å². The lowest BCUT2D eigenvalue weighted by Gasteiger charge is -2.33. The second kappa shape index (κ2) is 9.27. The van der Waals surface area contributed by atoms with Gasteiger partial charge in [-0.15, -0.1) is 0 Å². The monoisotopic (exact) mass is 484 g/mol. The number of rotatable bonds is 9. The molecule has 3 aromatic rings. The zero-order valence-electron chi connectivity index (χ0n) is 18.8. The molecule has 0 radical (unpaired) electrons. The van der Waals surface area contributed by atoms with Gasteiger partial charge in [0.05, 0.1) is 11.0 Å². The number of aliphatic hydroxyl groups excluding tert-OH is 1. The number of benzene rings is 2. The van der Waals surface area contributed by atoms with Gasteiger partial charge in [-0.2, -0.15) is 8.42 Å². The lowest BCUT2D eigenvalue weighted by molar-refractivity contribution is -0.107. The number of aromatic amines is 1. The van der Waals surface area contributed by atoms with Crippen LogP contribution in [-0.2, 0) is 14.9 Å². The van der Waals surface area contributed by atoms with Crippen LogP contribution < -0.4 is 14.0 Å². The van der Waals surface area contributed by atoms with Gasteiger partial charge in [0.15, 0.2) is 0 Å². The summed E-state index contributed by atoms with van der Waals surface area (Å²) in [6.07, 6.45) is 5.53. The number of piperidine rings is 1. The zero-order valence-corrected chi connectivity index (χ0v) is 19.6. The minimum absolute atomic E-state index is 0.0788. The normalized spacial score (nSPS) is 17.1. The van der Waals surface area contributed by atoms with Crippen molar-refractivity contribution in [3.63, 3.8) is 0 Å². The van der Waals surface area contributed by atoms with E-state index in [1.165, 1.54) is 0 Å². The molecular weight excluding hydrogens is 456 g/mol. The maximum Gasteiger partial charge on any atom is 0.339 e. The molecule has 1 saturated heterocycles. The number of nitrogens with zero attached hydrogens (tertiary/aromatic N) is 3. The first-order valence-corrected chi connectivity index (χ1v) is 13.0. The average Bonchev–Trinajstić information content (AvgIpc) is 3.58. The quantitative estimate of drug-likeness (QED) is 0.354. The van der Waals surface area contributed by atoms with Gasteiger partial charge in [0, 0.05) is 37.5 Å². The Morgan fingerprint density at radius 3 is 2.50 bits per heavy atom. The number of carbonyl (C=O) groups is 1. The standard InChI is InChI=1S/C24H28N4O5S/c29-14-11-17-9-12-27(13-10-17)18-3-6-21(7-4-18)34(31,32)33-20-5-8-22-23(15-20)26-24(25-22)28(16-30)19-1-2-19/h3-8,15-17,19,29H,1-2,9-14H2,(H,25,26). The molecule has 0 bridgehead atoms. The van der Waals surface area contributed by atoms with Crippen molar-refractivity contribution in [2.75, 3.05) is 29.5 Å². The minimum atomic E-state index is -4.01. The van der Waals surface area contributed by atoms with Gasteiger partial charge in [-0.25, -0.2) is 4.98 Å². The predicted octanol–water partition coefficient (Wildman–Crippen LogP) is 3.05. The number of amides is 1. The molecule has 10 heteroatoms. The highest BCUT2D eigenvalue weighted by molar-refractivity contribution is 7.87. The van der Waals surface area contributed by atoms with Crippen LogP contribution in [0.15, 0.2) is 47.4 Å². The SMILES string of the molecule is O=CN(c1nc2cc(OS(=O)(=O)c3ccc(N4CCC(CCO)CC4)cc3)ccc2[nH]1)C1CC1. The van der Waals surface area contributed by atoms with Gasteiger partial charge in [-0.1, -0.05) is 0 Å². The third kappa shape index (κ3) is 4.74. The highest BCUT2D eigenvalue weighted by Gasteiger charge is 2.31. The van der Waals surface area contributed by atoms with E-state index in [0.29, 0.717) is 22.9 Å². The van der Waals surface area contributed by atoms with Crippen LogP contribution >= 0.6 is 0 Å². The Morgan fingerprint density at radius 2 is 1.85 bits per heavy atom. The van der Waals surface area contributed by atoms with Gasteiger partial charge in [-0.3, -0.25) is 9.69 Å². The molecule has 1 aliphatic carbocycles. The largest absolute Gasteiger partial charge is 0.396 e. The lowest BCUT2D eigenvalue weighted by atomic mass is 9.93. The number of hydrogen-bond donors (Lipinski definition) is 2. The van der Waals surface area contributed by atoms with Crippen LogP contribution in [0, 0.1) is 5.92 Å². The zero-order chi connectivity index (χ0) is 23.7. The summed E-state index contributed by atoms with van der Waals surface area (Å²) in [5.41, 5.74) is 2.19. The predicted molar refractivity (Wildman–Crippen MR) is 129 cm³/mol. The number of H-pyrrole nitrogens is 1. The van der Waals surface area contributed by atoms with Crippen molar-refractivity contribution in [2.45, 2.75) is 43.0 Å². The number of nitrogens with one attached hydrogen (secondary N) is 1. The van der Waals surface area contributed by atoms with E-state index in [1.807, 2.05) is 0 Å². The number of hydrogen-bond acceptors (Lipinski definition) is 7. The minimum Gasteiger partial charge on any atom is -0.396 e. The maximum absolute atomic E-state index is 12.9. The summed E-state index contributed by atoms with van der Waals surface area (Å²) < 4.78 is 31.1. The van der Waals surface area contributed by atoms with E-state index in [4.69, 9.17) is 9.29 Å². The van der Waals surface area contributed by atoms with Crippen molar-refractivity contribution in [3.05, 3.63) is 42.5 Å². The van der Waals surface area contributed by atoms with Crippen molar-refractivity contribution in [1.82, 2.24) is 9.97 Å². The molecule has 1 saturated carbocycles. The fraction of sp³-hybridized carbons (Fsp3) is 0.417. The van der Waals surface area contributed by atoms with Crippen LogP contribution in [0.5, 0.6) is 5.75 Å². The van der Waals surface area contributed by atoms with Crippen molar-refractivity contribution in [3.8, 4) is 5.75 Å². The second-order valence-corrected chi connectivity index (χ2v) is 10.5. The Hall–Kier alpha value is -3.11. The Morgan fingerprint density at radius 1 is 1.12 bits per heavy atom. The Balaban J connectivity index is 1.28. The molecule has 1 amide bonds. The molecule has 1 aliphatic heterocycles. The summed E-state index contributed by atoms with van der Waals surface area (Å²) in [4.78, 5) is 22.8. The molecule has 9 nitrogen and oxygen atoms in total. The Kier molecular flexibility index (Phi) is 6.18. The van der Waals surface area contributed by atoms with Gasteiger partial charge in [0.25, 0.3) is 0 Å². The van der Waals surface area contributed by atoms with E-state index in [1.54, 1.807) is 47.4 Å². The second-order valence-electron chi connectivity index (χ2n) is 8.96. The highest BCUT2D eigenvalue weighted by atomic mass is 32.2. The highest BCUT2D eigenvalue weighted by Crippen LogP contribution is 2.31. The maximum atomic E-state index is 12.9. The summed E-state index contributed by atoms with van der Waals surface area (Å²) in [6, 6.07) is 11.7. The first-order chi connectivity index (χ1) is 16.5. The van der Waals surface area contributed by atoms with Crippen molar-refractivity contribution in [2.24, 2.45) is 5.92 Å². The van der Waals surface area contributed by atoms with Gasteiger partial charge in [0.2, 0.25) is 12.4 Å². The molecule has 2 fully saturated rings. The third-order valence-corrected chi connectivity index (χ3v) is 7.85. The number of aromatic nitrogens is 2. The van der Waals surface area contributed by atoms with Gasteiger partial charge < -0.3 is 19.2 Å². The number of carbonyl (C=O) groups excluding carboxylic acids is 1. The van der Waals surface area contributed by atoms with Gasteiger partial charge in [-0.05, 0) is 74.4 Å². The molecule has 0 atom stereocenters. The topological polar surface area (TPSA) is 116 Å². The number of fused-ring (bicyclic) bond motifs is 1. The first-order valence-electron chi connectivity index (χ1n) is 11.6. The fourth-order valence-corrected chi connectivity index (χ4v) is 5.39. The summed E-state index contributed by atoms with van der Waals surface area (Å²) in [7, 11) is -4.01. The van der Waals surface area contributed by atoms with Crippen LogP contribution in [0.25, 0.3) is 11.0 Å². The smallest absolute Gasteiger partial charge is 0.339 e. The molecule has 2 heterocycles. The van der Waals surface area contributed by atoms with Gasteiger partial charge in [0.1, 0.15) is 10.6 Å². The van der Waals surface area contributed by atoms with Crippen LogP contribution in [-0.4, -0.2) is 55.6 Å². The molecule has 2 aromatic carbocycles. The molecule has 34 heavy (non-hydrogen) atoms. The van der Waals surface area contributed by atoms with E-state index in [-0.39, 0.29) is 23.3 Å². The van der Waals surface area contributed by atoms with Crippen LogP contribution in [0.2, 0.25) is 0 Å². The summed E-state index contributed by atoms with van der Waals surface area (Å²) in [5.74, 6) is 1.15. The van der Waals surface area contributed by atoms with E-state index < -0.39 is 10.1 Å². The number of anilines is 2. The molecule has 0 unspecified atom stereocenters. The molecule has 180 valence electrons. The molecule has 1 aromatic heterocycles. The van der Waals surface area contributed by atoms with Crippen LogP contribution in [0.1, 0.15) is 32.1 Å². The molecule has 2 aliphatic rings. The first kappa shape index (κ1) is 22.7. The molecule has 0 spiro atoms. The third-order valence-electron chi connectivity index (χ3n) is 6.59. The fourth-order valence-electron chi connectivity index (χ4n) is 4.47.